The van der Waals surface area contributed by atoms with Crippen LogP contribution in [0.15, 0.2) is 0 Å². The van der Waals surface area contributed by atoms with Crippen LogP contribution in [0.25, 0.3) is 0 Å². The molecule has 90 valence electrons. The zero-order chi connectivity index (χ0) is 11.6. The molecule has 0 amide bonds. The van der Waals surface area contributed by atoms with Gasteiger partial charge in [0.05, 0.1) is 6.61 Å². The average molecular weight is 213 g/mol. The van der Waals surface area contributed by atoms with E-state index in [1.54, 1.807) is 0 Å². The summed E-state index contributed by atoms with van der Waals surface area (Å²) in [6, 6.07) is 0.936. The maximum Gasteiger partial charge on any atom is 0.0587 e. The molecule has 1 saturated heterocycles. The van der Waals surface area contributed by atoms with E-state index in [-0.39, 0.29) is 0 Å². The van der Waals surface area contributed by atoms with Crippen LogP contribution in [0.4, 0.5) is 0 Å². The number of nitrogens with zero attached hydrogens (tertiary/aromatic N) is 1. The fraction of sp³-hybridized carbons (Fsp3) is 1.00. The van der Waals surface area contributed by atoms with E-state index < -0.39 is 0 Å². The SMILES string of the molecule is CC(C)N1CCC(C(C)(C)C)CC1CO. The Bertz CT molecular complexity index is 195. The molecule has 0 aromatic heterocycles. The van der Waals surface area contributed by atoms with Gasteiger partial charge in [0.2, 0.25) is 0 Å². The summed E-state index contributed by atoms with van der Waals surface area (Å²) in [5, 5.41) is 9.45. The van der Waals surface area contributed by atoms with Gasteiger partial charge in [-0.15, -0.1) is 0 Å². The van der Waals surface area contributed by atoms with E-state index in [1.165, 1.54) is 6.42 Å². The first kappa shape index (κ1) is 13.0. The van der Waals surface area contributed by atoms with Crippen LogP contribution in [0.5, 0.6) is 0 Å². The van der Waals surface area contributed by atoms with E-state index in [1.807, 2.05) is 0 Å². The Kier molecular flexibility index (Phi) is 4.19. The molecule has 0 aliphatic carbocycles. The molecule has 1 aliphatic rings. The van der Waals surface area contributed by atoms with Gasteiger partial charge in [-0.1, -0.05) is 20.8 Å². The minimum atomic E-state index is 0.310. The number of hydrogen-bond donors (Lipinski definition) is 1. The second-order valence-corrected chi connectivity index (χ2v) is 6.26. The smallest absolute Gasteiger partial charge is 0.0587 e. The Morgan fingerprint density at radius 2 is 1.93 bits per heavy atom. The molecule has 1 aliphatic heterocycles. The van der Waals surface area contributed by atoms with Gasteiger partial charge in [0.15, 0.2) is 0 Å². The van der Waals surface area contributed by atoms with Crippen molar-refractivity contribution in [3.8, 4) is 0 Å². The van der Waals surface area contributed by atoms with E-state index in [2.05, 4.69) is 39.5 Å². The van der Waals surface area contributed by atoms with Gasteiger partial charge in [-0.2, -0.15) is 0 Å². The second kappa shape index (κ2) is 4.84. The second-order valence-electron chi connectivity index (χ2n) is 6.26. The Morgan fingerprint density at radius 3 is 2.33 bits per heavy atom. The molecule has 1 fully saturated rings. The molecule has 2 heteroatoms. The molecule has 1 N–H and O–H groups in total. The molecule has 0 aromatic carbocycles. The van der Waals surface area contributed by atoms with Crippen molar-refractivity contribution < 1.29 is 5.11 Å². The van der Waals surface area contributed by atoms with E-state index in [0.717, 1.165) is 18.9 Å². The monoisotopic (exact) mass is 213 g/mol. The lowest BCUT2D eigenvalue weighted by Gasteiger charge is -2.45. The van der Waals surface area contributed by atoms with Gasteiger partial charge in [-0.25, -0.2) is 0 Å². The average Bonchev–Trinajstić information content (AvgIpc) is 2.15. The van der Waals surface area contributed by atoms with Gasteiger partial charge in [0, 0.05) is 12.1 Å². The molecular weight excluding hydrogens is 186 g/mol. The highest BCUT2D eigenvalue weighted by Crippen LogP contribution is 2.37. The van der Waals surface area contributed by atoms with Crippen LogP contribution in [0, 0.1) is 11.3 Å². The third-order valence-electron chi connectivity index (χ3n) is 3.86. The summed E-state index contributed by atoms with van der Waals surface area (Å²) in [4.78, 5) is 2.45. The quantitative estimate of drug-likeness (QED) is 0.762. The number of aliphatic hydroxyl groups is 1. The molecule has 2 unspecified atom stereocenters. The topological polar surface area (TPSA) is 23.5 Å². The summed E-state index contributed by atoms with van der Waals surface area (Å²) in [5.41, 5.74) is 0.385. The molecule has 0 aromatic rings. The molecule has 0 bridgehead atoms. The van der Waals surface area contributed by atoms with E-state index in [4.69, 9.17) is 0 Å². The summed E-state index contributed by atoms with van der Waals surface area (Å²) >= 11 is 0. The highest BCUT2D eigenvalue weighted by molar-refractivity contribution is 4.87. The number of piperidine rings is 1. The standard InChI is InChI=1S/C13H27NO/c1-10(2)14-7-6-11(13(3,4)5)8-12(14)9-15/h10-12,15H,6-9H2,1-5H3. The maximum absolute atomic E-state index is 9.45. The number of hydrogen-bond acceptors (Lipinski definition) is 2. The Morgan fingerprint density at radius 1 is 1.33 bits per heavy atom. The third-order valence-corrected chi connectivity index (χ3v) is 3.86. The van der Waals surface area contributed by atoms with Crippen molar-refractivity contribution in [3.63, 3.8) is 0 Å². The summed E-state index contributed by atoms with van der Waals surface area (Å²) in [6.07, 6.45) is 2.43. The van der Waals surface area contributed by atoms with Crippen LogP contribution in [0.2, 0.25) is 0 Å². The van der Waals surface area contributed by atoms with Crippen LogP contribution < -0.4 is 0 Å². The van der Waals surface area contributed by atoms with Gasteiger partial charge < -0.3 is 5.11 Å². The van der Waals surface area contributed by atoms with Gasteiger partial charge >= 0.3 is 0 Å². The predicted molar refractivity (Wildman–Crippen MR) is 64.9 cm³/mol. The highest BCUT2D eigenvalue weighted by Gasteiger charge is 2.34. The molecule has 0 radical (unpaired) electrons. The normalized spacial score (nSPS) is 29.8. The first-order chi connectivity index (χ1) is 6.86. The Labute approximate surface area is 94.7 Å². The molecule has 1 rings (SSSR count). The van der Waals surface area contributed by atoms with E-state index in [0.29, 0.717) is 24.1 Å². The van der Waals surface area contributed by atoms with Gasteiger partial charge in [0.1, 0.15) is 0 Å². The molecule has 1 heterocycles. The fourth-order valence-electron chi connectivity index (χ4n) is 2.71. The lowest BCUT2D eigenvalue weighted by Crippen LogP contribution is -2.50. The number of rotatable bonds is 2. The molecule has 0 saturated carbocycles. The fourth-order valence-corrected chi connectivity index (χ4v) is 2.71. The van der Waals surface area contributed by atoms with Crippen molar-refractivity contribution in [2.45, 2.75) is 59.5 Å². The number of aliphatic hydroxyl groups excluding tert-OH is 1. The number of likely N-dealkylation sites (tertiary alicyclic amines) is 1. The van der Waals surface area contributed by atoms with Crippen LogP contribution in [-0.2, 0) is 0 Å². The zero-order valence-electron chi connectivity index (χ0n) is 11.0. The zero-order valence-corrected chi connectivity index (χ0v) is 11.0. The maximum atomic E-state index is 9.45. The molecular formula is C13H27NO. The Hall–Kier alpha value is -0.0800. The first-order valence-electron chi connectivity index (χ1n) is 6.23. The molecule has 2 nitrogen and oxygen atoms in total. The van der Waals surface area contributed by atoms with Crippen LogP contribution >= 0.6 is 0 Å². The van der Waals surface area contributed by atoms with Crippen molar-refractivity contribution in [2.75, 3.05) is 13.2 Å². The summed E-state index contributed by atoms with van der Waals surface area (Å²) in [6.45, 7) is 12.8. The van der Waals surface area contributed by atoms with E-state index >= 15 is 0 Å². The predicted octanol–water partition coefficient (Wildman–Crippen LogP) is 2.51. The minimum Gasteiger partial charge on any atom is -0.395 e. The van der Waals surface area contributed by atoms with Crippen LogP contribution in [0.3, 0.4) is 0 Å². The minimum absolute atomic E-state index is 0.310. The van der Waals surface area contributed by atoms with Gasteiger partial charge in [-0.05, 0) is 44.6 Å². The Balaban J connectivity index is 2.63. The van der Waals surface area contributed by atoms with Crippen molar-refractivity contribution in [1.29, 1.82) is 0 Å². The lowest BCUT2D eigenvalue weighted by molar-refractivity contribution is 0.0135. The molecule has 15 heavy (non-hydrogen) atoms. The van der Waals surface area contributed by atoms with Crippen molar-refractivity contribution >= 4 is 0 Å². The van der Waals surface area contributed by atoms with E-state index in [9.17, 15) is 5.11 Å². The summed E-state index contributed by atoms with van der Waals surface area (Å²) in [5.74, 6) is 0.754. The summed E-state index contributed by atoms with van der Waals surface area (Å²) < 4.78 is 0. The lowest BCUT2D eigenvalue weighted by atomic mass is 9.73. The third kappa shape index (κ3) is 3.18. The van der Waals surface area contributed by atoms with Crippen LogP contribution in [-0.4, -0.2) is 35.2 Å². The van der Waals surface area contributed by atoms with Gasteiger partial charge in [0.25, 0.3) is 0 Å². The van der Waals surface area contributed by atoms with Crippen molar-refractivity contribution in [1.82, 2.24) is 4.90 Å². The molecule has 0 spiro atoms. The summed E-state index contributed by atoms with van der Waals surface area (Å²) in [7, 11) is 0. The highest BCUT2D eigenvalue weighted by atomic mass is 16.3. The van der Waals surface area contributed by atoms with Gasteiger partial charge in [-0.3, -0.25) is 4.90 Å². The largest absolute Gasteiger partial charge is 0.395 e. The first-order valence-corrected chi connectivity index (χ1v) is 6.23. The molecule has 2 atom stereocenters. The van der Waals surface area contributed by atoms with Crippen LogP contribution in [0.1, 0.15) is 47.5 Å². The van der Waals surface area contributed by atoms with Crippen molar-refractivity contribution in [3.05, 3.63) is 0 Å². The van der Waals surface area contributed by atoms with Crippen molar-refractivity contribution in [2.24, 2.45) is 11.3 Å².